The highest BCUT2D eigenvalue weighted by Crippen LogP contribution is 2.34. The quantitative estimate of drug-likeness (QED) is 0.209. The average molecular weight is 668 g/mol. The fourth-order valence-corrected chi connectivity index (χ4v) is 7.09. The molecule has 0 saturated heterocycles. The van der Waals surface area contributed by atoms with E-state index in [2.05, 4.69) is 0 Å². The van der Waals surface area contributed by atoms with E-state index in [0.29, 0.717) is 17.9 Å². The summed E-state index contributed by atoms with van der Waals surface area (Å²) in [5.74, 6) is -0.595. The zero-order valence-corrected chi connectivity index (χ0v) is 28.5. The van der Waals surface area contributed by atoms with Gasteiger partial charge in [0, 0.05) is 19.2 Å². The van der Waals surface area contributed by atoms with Gasteiger partial charge < -0.3 is 14.2 Å². The van der Waals surface area contributed by atoms with Crippen LogP contribution in [0.2, 0.25) is 0 Å². The molecule has 254 valence electrons. The van der Waals surface area contributed by atoms with Gasteiger partial charge in [0.05, 0.1) is 17.2 Å². The third-order valence-corrected chi connectivity index (χ3v) is 9.64. The molecule has 1 N–H and O–H groups in total. The van der Waals surface area contributed by atoms with Crippen molar-refractivity contribution in [3.8, 4) is 11.5 Å². The number of hydrogen-bond donors (Lipinski definition) is 1. The van der Waals surface area contributed by atoms with E-state index >= 15 is 0 Å². The molecule has 3 aromatic carbocycles. The van der Waals surface area contributed by atoms with Gasteiger partial charge in [0.1, 0.15) is 12.6 Å². The van der Waals surface area contributed by atoms with E-state index in [1.807, 2.05) is 88.4 Å². The van der Waals surface area contributed by atoms with E-state index in [1.165, 1.54) is 22.0 Å². The maximum atomic E-state index is 14.6. The fourth-order valence-electron chi connectivity index (χ4n) is 5.48. The second kappa shape index (κ2) is 15.6. The Hall–Kier alpha value is -4.13. The second-order valence-corrected chi connectivity index (χ2v) is 14.9. The summed E-state index contributed by atoms with van der Waals surface area (Å²) in [5, 5.41) is 13.4. The maximum absolute atomic E-state index is 14.6. The predicted octanol–water partition coefficient (Wildman–Crippen LogP) is 5.92. The van der Waals surface area contributed by atoms with Crippen molar-refractivity contribution in [3.05, 3.63) is 90.0 Å². The molecule has 0 unspecified atom stereocenters. The van der Waals surface area contributed by atoms with Gasteiger partial charge in [0.15, 0.2) is 21.3 Å². The lowest BCUT2D eigenvalue weighted by molar-refractivity contribution is -0.252. The van der Waals surface area contributed by atoms with Gasteiger partial charge in [-0.25, -0.2) is 18.2 Å². The summed E-state index contributed by atoms with van der Waals surface area (Å²) in [6.07, 6.45) is -0.0763. The first-order chi connectivity index (χ1) is 22.3. The number of hydroxylamine groups is 1. The van der Waals surface area contributed by atoms with Crippen LogP contribution in [-0.2, 0) is 32.5 Å². The first-order valence-corrected chi connectivity index (χ1v) is 17.4. The molecule has 2 atom stereocenters. The molecule has 0 aliphatic carbocycles. The van der Waals surface area contributed by atoms with Gasteiger partial charge in [-0.05, 0) is 41.0 Å². The number of fused-ring (bicyclic) bond motifs is 1. The predicted molar refractivity (Wildman–Crippen MR) is 176 cm³/mol. The number of amides is 2. The minimum Gasteiger partial charge on any atom is -0.454 e. The van der Waals surface area contributed by atoms with Crippen molar-refractivity contribution < 1.29 is 37.4 Å². The minimum absolute atomic E-state index is 0.0105. The number of carbonyl (C=O) groups is 2. The number of hydrazine groups is 1. The molecule has 0 bridgehead atoms. The lowest BCUT2D eigenvalue weighted by atomic mass is 9.84. The van der Waals surface area contributed by atoms with Gasteiger partial charge in [-0.1, -0.05) is 100 Å². The summed E-state index contributed by atoms with van der Waals surface area (Å²) in [6, 6.07) is 21.9. The Labute approximate surface area is 277 Å². The number of sulfone groups is 1. The Bertz CT molecular complexity index is 1600. The monoisotopic (exact) mass is 667 g/mol. The Balaban J connectivity index is 1.57. The van der Waals surface area contributed by atoms with Crippen LogP contribution in [0.1, 0.15) is 52.2 Å². The van der Waals surface area contributed by atoms with Crippen LogP contribution in [0.15, 0.2) is 83.8 Å². The van der Waals surface area contributed by atoms with Crippen molar-refractivity contribution >= 4 is 21.8 Å². The SMILES string of the molecule is CCCN(C(=O)OCc1ccccc1)[C@H](C(=O)N(Cc1ccccc1)N(O)C[C@@H](C)CS(=O)(=O)c1ccc2c(c1)OCO2)C(C)(C)C. The Morgan fingerprint density at radius 3 is 2.17 bits per heavy atom. The summed E-state index contributed by atoms with van der Waals surface area (Å²) >= 11 is 0. The highest BCUT2D eigenvalue weighted by molar-refractivity contribution is 7.91. The summed E-state index contributed by atoms with van der Waals surface area (Å²) in [4.78, 5) is 29.6. The standard InChI is InChI=1S/C35H45N3O8S/c1-6-19-36(34(40)44-23-28-15-11-8-12-16-28)32(35(3,4)5)33(39)37(22-27-13-9-7-10-14-27)38(41)21-26(2)24-47(42,43)29-17-18-30-31(20-29)46-25-45-30/h7-18,20,26,32,41H,6,19,21-25H2,1-5H3/t26-,32-/m1/s1. The van der Waals surface area contributed by atoms with E-state index in [9.17, 15) is 23.2 Å². The minimum atomic E-state index is -3.78. The van der Waals surface area contributed by atoms with Crippen molar-refractivity contribution in [2.75, 3.05) is 25.6 Å². The molecule has 0 radical (unpaired) electrons. The first-order valence-electron chi connectivity index (χ1n) is 15.7. The topological polar surface area (TPSA) is 126 Å². The molecule has 0 aromatic heterocycles. The number of rotatable bonds is 14. The molecule has 3 aromatic rings. The molecule has 4 rings (SSSR count). The Kier molecular flexibility index (Phi) is 11.9. The lowest BCUT2D eigenvalue weighted by Crippen LogP contribution is -2.60. The summed E-state index contributed by atoms with van der Waals surface area (Å²) in [5.41, 5.74) is 0.789. The zero-order valence-electron chi connectivity index (χ0n) is 27.7. The number of ether oxygens (including phenoxy) is 3. The van der Waals surface area contributed by atoms with E-state index in [4.69, 9.17) is 14.2 Å². The van der Waals surface area contributed by atoms with Crippen LogP contribution in [-0.4, -0.2) is 72.4 Å². The third-order valence-electron chi connectivity index (χ3n) is 7.66. The largest absolute Gasteiger partial charge is 0.454 e. The van der Waals surface area contributed by atoms with E-state index < -0.39 is 39.2 Å². The summed E-state index contributed by atoms with van der Waals surface area (Å²) in [7, 11) is -3.78. The van der Waals surface area contributed by atoms with Crippen molar-refractivity contribution in [3.63, 3.8) is 0 Å². The number of nitrogens with zero attached hydrogens (tertiary/aromatic N) is 3. The normalized spacial score (nSPS) is 14.0. The van der Waals surface area contributed by atoms with Crippen LogP contribution in [0.3, 0.4) is 0 Å². The number of hydrogen-bond acceptors (Lipinski definition) is 9. The van der Waals surface area contributed by atoms with Gasteiger partial charge in [-0.15, -0.1) is 0 Å². The first kappa shape index (κ1) is 35.7. The van der Waals surface area contributed by atoms with Gasteiger partial charge in [0.2, 0.25) is 6.79 Å². The van der Waals surface area contributed by atoms with Crippen LogP contribution >= 0.6 is 0 Å². The van der Waals surface area contributed by atoms with Crippen LogP contribution < -0.4 is 9.47 Å². The second-order valence-electron chi connectivity index (χ2n) is 12.8. The summed E-state index contributed by atoms with van der Waals surface area (Å²) in [6.45, 7) is 9.28. The van der Waals surface area contributed by atoms with Crippen molar-refractivity contribution in [2.45, 2.75) is 65.1 Å². The molecule has 47 heavy (non-hydrogen) atoms. The molecule has 2 amide bonds. The lowest BCUT2D eigenvalue weighted by Gasteiger charge is -2.42. The number of benzene rings is 3. The summed E-state index contributed by atoms with van der Waals surface area (Å²) < 4.78 is 43.0. The molecule has 11 nitrogen and oxygen atoms in total. The molecule has 12 heteroatoms. The molecule has 0 saturated carbocycles. The van der Waals surface area contributed by atoms with Gasteiger partial charge in [0.25, 0.3) is 5.91 Å². The molecule has 1 aliphatic heterocycles. The smallest absolute Gasteiger partial charge is 0.410 e. The van der Waals surface area contributed by atoms with Gasteiger partial charge in [-0.3, -0.25) is 14.9 Å². The van der Waals surface area contributed by atoms with Gasteiger partial charge >= 0.3 is 6.09 Å². The molecule has 0 fully saturated rings. The Morgan fingerprint density at radius 2 is 1.55 bits per heavy atom. The molecule has 1 aliphatic rings. The van der Waals surface area contributed by atoms with Crippen LogP contribution in [0, 0.1) is 11.3 Å². The molecular weight excluding hydrogens is 622 g/mol. The van der Waals surface area contributed by atoms with E-state index in [0.717, 1.165) is 16.3 Å². The zero-order chi connectivity index (χ0) is 34.2. The van der Waals surface area contributed by atoms with Crippen molar-refractivity contribution in [1.82, 2.24) is 15.1 Å². The maximum Gasteiger partial charge on any atom is 0.410 e. The van der Waals surface area contributed by atoms with Crippen LogP contribution in [0.4, 0.5) is 4.79 Å². The molecule has 1 heterocycles. The molecule has 0 spiro atoms. The van der Waals surface area contributed by atoms with Crippen LogP contribution in [0.5, 0.6) is 11.5 Å². The Morgan fingerprint density at radius 1 is 0.936 bits per heavy atom. The highest BCUT2D eigenvalue weighted by Gasteiger charge is 2.43. The van der Waals surface area contributed by atoms with E-state index in [1.54, 1.807) is 13.0 Å². The average Bonchev–Trinajstić information content (AvgIpc) is 3.50. The van der Waals surface area contributed by atoms with Gasteiger partial charge in [-0.2, -0.15) is 0 Å². The third kappa shape index (κ3) is 9.46. The fraction of sp³-hybridized carbons (Fsp3) is 0.429. The number of carbonyl (C=O) groups excluding carboxylic acids is 2. The van der Waals surface area contributed by atoms with Crippen molar-refractivity contribution in [1.29, 1.82) is 0 Å². The highest BCUT2D eigenvalue weighted by atomic mass is 32.2. The van der Waals surface area contributed by atoms with Crippen LogP contribution in [0.25, 0.3) is 0 Å². The van der Waals surface area contributed by atoms with Crippen molar-refractivity contribution in [2.24, 2.45) is 11.3 Å². The van der Waals surface area contributed by atoms with E-state index in [-0.39, 0.29) is 43.7 Å². The molecular formula is C35H45N3O8S.